The Balaban J connectivity index is 0.00000242. The highest BCUT2D eigenvalue weighted by Gasteiger charge is 2.38. The summed E-state index contributed by atoms with van der Waals surface area (Å²) in [4.78, 5) is 15.3. The standard InChI is InChI=1S/C16H24N2O2S.ClH/c1-18(15(19)16(17)8-4-5-9-16)11-12-6-7-14(21-3)13(10-12)20-2;/h6-7,10H,4-5,8-9,11,17H2,1-3H3;1H. The third kappa shape index (κ3) is 4.09. The van der Waals surface area contributed by atoms with Crippen LogP contribution >= 0.6 is 24.2 Å². The van der Waals surface area contributed by atoms with E-state index in [4.69, 9.17) is 10.5 Å². The summed E-state index contributed by atoms with van der Waals surface area (Å²) in [5, 5.41) is 0. The van der Waals surface area contributed by atoms with Crippen LogP contribution in [0, 0.1) is 0 Å². The van der Waals surface area contributed by atoms with Crippen LogP contribution in [0.1, 0.15) is 31.2 Å². The molecule has 1 aromatic rings. The highest BCUT2D eigenvalue weighted by molar-refractivity contribution is 7.98. The van der Waals surface area contributed by atoms with Gasteiger partial charge in [0, 0.05) is 18.5 Å². The molecule has 0 aliphatic heterocycles. The summed E-state index contributed by atoms with van der Waals surface area (Å²) >= 11 is 1.65. The summed E-state index contributed by atoms with van der Waals surface area (Å²) < 4.78 is 5.39. The molecular formula is C16H25ClN2O2S. The van der Waals surface area contributed by atoms with Gasteiger partial charge in [-0.05, 0) is 36.8 Å². The third-order valence-corrected chi connectivity index (χ3v) is 4.91. The number of amides is 1. The van der Waals surface area contributed by atoms with Crippen molar-refractivity contribution in [3.05, 3.63) is 23.8 Å². The van der Waals surface area contributed by atoms with Crippen molar-refractivity contribution in [3.63, 3.8) is 0 Å². The Morgan fingerprint density at radius 1 is 1.41 bits per heavy atom. The van der Waals surface area contributed by atoms with Crippen LogP contribution in [0.3, 0.4) is 0 Å². The maximum Gasteiger partial charge on any atom is 0.242 e. The van der Waals surface area contributed by atoms with Gasteiger partial charge in [0.1, 0.15) is 5.75 Å². The lowest BCUT2D eigenvalue weighted by Gasteiger charge is -2.29. The molecule has 22 heavy (non-hydrogen) atoms. The Kier molecular flexibility index (Phi) is 7.03. The summed E-state index contributed by atoms with van der Waals surface area (Å²) in [6.45, 7) is 0.558. The molecule has 1 aliphatic carbocycles. The minimum atomic E-state index is -0.655. The average Bonchev–Trinajstić information content (AvgIpc) is 2.94. The number of likely N-dealkylation sites (N-methyl/N-ethyl adjacent to an activating group) is 1. The summed E-state index contributed by atoms with van der Waals surface area (Å²) in [6, 6.07) is 6.06. The fourth-order valence-electron chi connectivity index (χ4n) is 2.92. The number of thioether (sulfide) groups is 1. The van der Waals surface area contributed by atoms with Gasteiger partial charge >= 0.3 is 0 Å². The van der Waals surface area contributed by atoms with Gasteiger partial charge in [0.2, 0.25) is 5.91 Å². The Labute approximate surface area is 143 Å². The number of hydrogen-bond acceptors (Lipinski definition) is 4. The number of nitrogens with two attached hydrogens (primary N) is 1. The van der Waals surface area contributed by atoms with Crippen molar-refractivity contribution in [1.29, 1.82) is 0 Å². The molecule has 0 heterocycles. The topological polar surface area (TPSA) is 55.6 Å². The second kappa shape index (κ2) is 8.09. The average molecular weight is 345 g/mol. The minimum Gasteiger partial charge on any atom is -0.496 e. The molecule has 1 saturated carbocycles. The van der Waals surface area contributed by atoms with Crippen LogP contribution in [-0.2, 0) is 11.3 Å². The van der Waals surface area contributed by atoms with Crippen LogP contribution in [0.4, 0.5) is 0 Å². The van der Waals surface area contributed by atoms with Gasteiger partial charge in [-0.1, -0.05) is 18.9 Å². The molecule has 0 unspecified atom stereocenters. The number of carbonyl (C=O) groups excluding carboxylic acids is 1. The van der Waals surface area contributed by atoms with Gasteiger partial charge < -0.3 is 15.4 Å². The lowest BCUT2D eigenvalue weighted by molar-refractivity contribution is -0.136. The number of nitrogens with zero attached hydrogens (tertiary/aromatic N) is 1. The molecular weight excluding hydrogens is 320 g/mol. The number of carbonyl (C=O) groups is 1. The van der Waals surface area contributed by atoms with Gasteiger partial charge in [-0.15, -0.1) is 24.2 Å². The monoisotopic (exact) mass is 344 g/mol. The van der Waals surface area contributed by atoms with Gasteiger partial charge in [0.05, 0.1) is 12.6 Å². The molecule has 0 atom stereocenters. The van der Waals surface area contributed by atoms with E-state index in [2.05, 4.69) is 0 Å². The number of benzene rings is 1. The van der Waals surface area contributed by atoms with Crippen LogP contribution in [0.5, 0.6) is 5.75 Å². The van der Waals surface area contributed by atoms with Crippen molar-refractivity contribution >= 4 is 30.1 Å². The SMILES string of the molecule is COc1cc(CN(C)C(=O)C2(N)CCCC2)ccc1SC.Cl. The fourth-order valence-corrected chi connectivity index (χ4v) is 3.47. The fraction of sp³-hybridized carbons (Fsp3) is 0.562. The van der Waals surface area contributed by atoms with Crippen molar-refractivity contribution in [3.8, 4) is 5.75 Å². The van der Waals surface area contributed by atoms with E-state index < -0.39 is 5.54 Å². The highest BCUT2D eigenvalue weighted by Crippen LogP contribution is 2.31. The van der Waals surface area contributed by atoms with Crippen molar-refractivity contribution in [2.24, 2.45) is 5.73 Å². The molecule has 2 rings (SSSR count). The molecule has 0 saturated heterocycles. The van der Waals surface area contributed by atoms with Gasteiger partial charge in [-0.3, -0.25) is 4.79 Å². The molecule has 2 N–H and O–H groups in total. The number of hydrogen-bond donors (Lipinski definition) is 1. The zero-order chi connectivity index (χ0) is 15.5. The molecule has 1 amide bonds. The van der Waals surface area contributed by atoms with E-state index in [1.807, 2.05) is 31.5 Å². The molecule has 1 fully saturated rings. The first-order valence-electron chi connectivity index (χ1n) is 7.25. The molecule has 0 spiro atoms. The Bertz CT molecular complexity index is 519. The molecule has 1 aromatic carbocycles. The van der Waals surface area contributed by atoms with E-state index in [9.17, 15) is 4.79 Å². The van der Waals surface area contributed by atoms with E-state index in [-0.39, 0.29) is 18.3 Å². The highest BCUT2D eigenvalue weighted by atomic mass is 35.5. The normalized spacial score (nSPS) is 16.0. The van der Waals surface area contributed by atoms with Gasteiger partial charge in [0.25, 0.3) is 0 Å². The summed E-state index contributed by atoms with van der Waals surface area (Å²) in [6.07, 6.45) is 5.71. The maximum atomic E-state index is 12.5. The molecule has 0 radical (unpaired) electrons. The molecule has 124 valence electrons. The number of rotatable bonds is 5. The first-order chi connectivity index (χ1) is 10.00. The van der Waals surface area contributed by atoms with Gasteiger partial charge in [0.15, 0.2) is 0 Å². The third-order valence-electron chi connectivity index (χ3n) is 4.14. The number of methoxy groups -OCH3 is 1. The predicted octanol–water partition coefficient (Wildman–Crippen LogP) is 3.07. The van der Waals surface area contributed by atoms with Gasteiger partial charge in [-0.25, -0.2) is 0 Å². The van der Waals surface area contributed by atoms with Gasteiger partial charge in [-0.2, -0.15) is 0 Å². The van der Waals surface area contributed by atoms with Crippen LogP contribution in [-0.4, -0.2) is 36.8 Å². The number of halogens is 1. The lowest BCUT2D eigenvalue weighted by atomic mass is 9.97. The van der Waals surface area contributed by atoms with E-state index >= 15 is 0 Å². The van der Waals surface area contributed by atoms with Crippen LogP contribution < -0.4 is 10.5 Å². The van der Waals surface area contributed by atoms with Crippen LogP contribution in [0.25, 0.3) is 0 Å². The molecule has 1 aliphatic rings. The van der Waals surface area contributed by atoms with E-state index in [0.29, 0.717) is 6.54 Å². The van der Waals surface area contributed by atoms with Crippen LogP contribution in [0.2, 0.25) is 0 Å². The second-order valence-electron chi connectivity index (χ2n) is 5.71. The predicted molar refractivity (Wildman–Crippen MR) is 93.9 cm³/mol. The molecule has 0 aromatic heterocycles. The van der Waals surface area contributed by atoms with Crippen molar-refractivity contribution in [2.75, 3.05) is 20.4 Å². The zero-order valence-corrected chi connectivity index (χ0v) is 15.1. The molecule has 4 nitrogen and oxygen atoms in total. The van der Waals surface area contributed by atoms with E-state index in [1.54, 1.807) is 23.8 Å². The van der Waals surface area contributed by atoms with E-state index in [0.717, 1.165) is 41.9 Å². The summed E-state index contributed by atoms with van der Waals surface area (Å²) in [5.41, 5.74) is 6.64. The first kappa shape index (κ1) is 19.1. The zero-order valence-electron chi connectivity index (χ0n) is 13.4. The maximum absolute atomic E-state index is 12.5. The lowest BCUT2D eigenvalue weighted by Crippen LogP contribution is -2.52. The van der Waals surface area contributed by atoms with Crippen LogP contribution in [0.15, 0.2) is 23.1 Å². The minimum absolute atomic E-state index is 0. The number of ether oxygens (including phenoxy) is 1. The summed E-state index contributed by atoms with van der Waals surface area (Å²) in [5.74, 6) is 0.900. The Morgan fingerprint density at radius 3 is 2.59 bits per heavy atom. The van der Waals surface area contributed by atoms with E-state index in [1.165, 1.54) is 0 Å². The Hall–Kier alpha value is -0.910. The van der Waals surface area contributed by atoms with Crippen molar-refractivity contribution in [1.82, 2.24) is 4.90 Å². The first-order valence-corrected chi connectivity index (χ1v) is 8.48. The molecule has 0 bridgehead atoms. The molecule has 6 heteroatoms. The largest absolute Gasteiger partial charge is 0.496 e. The van der Waals surface area contributed by atoms with Crippen molar-refractivity contribution in [2.45, 2.75) is 42.7 Å². The van der Waals surface area contributed by atoms with Crippen molar-refractivity contribution < 1.29 is 9.53 Å². The summed E-state index contributed by atoms with van der Waals surface area (Å²) in [7, 11) is 3.49. The second-order valence-corrected chi connectivity index (χ2v) is 6.56. The quantitative estimate of drug-likeness (QED) is 0.834. The smallest absolute Gasteiger partial charge is 0.242 e. The Morgan fingerprint density at radius 2 is 2.05 bits per heavy atom.